The zero-order chi connectivity index (χ0) is 16.7. The van der Waals surface area contributed by atoms with Gasteiger partial charge in [0, 0.05) is 19.3 Å². The number of halogens is 2. The summed E-state index contributed by atoms with van der Waals surface area (Å²) in [5.74, 6) is 0. The molecule has 8 heteroatoms. The molecular formula is C15H18Br2N6. The van der Waals surface area contributed by atoms with Crippen LogP contribution in [0.25, 0.3) is 11.0 Å². The van der Waals surface area contributed by atoms with Crippen molar-refractivity contribution in [2.24, 2.45) is 7.05 Å². The second-order valence-electron chi connectivity index (χ2n) is 5.75. The zero-order valence-corrected chi connectivity index (χ0v) is 16.6. The number of hydrogen-bond acceptors (Lipinski definition) is 4. The molecule has 0 amide bonds. The van der Waals surface area contributed by atoms with Crippen molar-refractivity contribution < 1.29 is 0 Å². The van der Waals surface area contributed by atoms with Gasteiger partial charge in [-0.05, 0) is 58.7 Å². The molecule has 3 rings (SSSR count). The Balaban J connectivity index is 2.04. The van der Waals surface area contributed by atoms with E-state index in [4.69, 9.17) is 0 Å². The van der Waals surface area contributed by atoms with Gasteiger partial charge in [0.1, 0.15) is 15.6 Å². The van der Waals surface area contributed by atoms with Crippen LogP contribution in [0.1, 0.15) is 31.3 Å². The highest BCUT2D eigenvalue weighted by molar-refractivity contribution is 9.11. The van der Waals surface area contributed by atoms with Crippen LogP contribution in [0.4, 0.5) is 5.69 Å². The molecule has 0 aliphatic heterocycles. The number of nitrogens with one attached hydrogen (secondary N) is 1. The number of aryl methyl sites for hydroxylation is 2. The van der Waals surface area contributed by atoms with Crippen LogP contribution in [-0.4, -0.2) is 24.5 Å². The van der Waals surface area contributed by atoms with E-state index >= 15 is 0 Å². The molecule has 3 aromatic heterocycles. The zero-order valence-electron chi connectivity index (χ0n) is 13.4. The highest BCUT2D eigenvalue weighted by atomic mass is 79.9. The number of rotatable bonds is 4. The molecule has 0 aliphatic rings. The standard InChI is InChI=1S/C15H18Br2N6/c1-8(2)23-14-11(16)13(15(17)19-12(14)9(3)20-23)18-7-10-5-6-22(4)21-10/h5-6,8,18H,7H2,1-4H3. The lowest BCUT2D eigenvalue weighted by Gasteiger charge is -2.13. The first-order valence-electron chi connectivity index (χ1n) is 7.34. The molecule has 122 valence electrons. The number of anilines is 1. The van der Waals surface area contributed by atoms with Crippen molar-refractivity contribution in [2.75, 3.05) is 5.32 Å². The lowest BCUT2D eigenvalue weighted by Crippen LogP contribution is -2.06. The molecule has 0 atom stereocenters. The van der Waals surface area contributed by atoms with Gasteiger partial charge in [-0.2, -0.15) is 10.2 Å². The topological polar surface area (TPSA) is 60.6 Å². The fourth-order valence-corrected chi connectivity index (χ4v) is 3.98. The molecule has 0 saturated carbocycles. The largest absolute Gasteiger partial charge is 0.376 e. The van der Waals surface area contributed by atoms with E-state index in [0.29, 0.717) is 6.54 Å². The van der Waals surface area contributed by atoms with Crippen LogP contribution in [0, 0.1) is 6.92 Å². The van der Waals surface area contributed by atoms with Gasteiger partial charge in [0.2, 0.25) is 0 Å². The Morgan fingerprint density at radius 3 is 2.61 bits per heavy atom. The summed E-state index contributed by atoms with van der Waals surface area (Å²) >= 11 is 7.29. The molecule has 0 aromatic carbocycles. The van der Waals surface area contributed by atoms with Crippen molar-refractivity contribution in [3.63, 3.8) is 0 Å². The van der Waals surface area contributed by atoms with E-state index in [1.165, 1.54) is 0 Å². The monoisotopic (exact) mass is 440 g/mol. The lowest BCUT2D eigenvalue weighted by molar-refractivity contribution is 0.546. The van der Waals surface area contributed by atoms with Gasteiger partial charge in [-0.15, -0.1) is 0 Å². The maximum absolute atomic E-state index is 4.67. The van der Waals surface area contributed by atoms with E-state index in [-0.39, 0.29) is 6.04 Å². The number of pyridine rings is 1. The lowest BCUT2D eigenvalue weighted by atomic mass is 10.3. The Hall–Kier alpha value is -1.41. The third-order valence-corrected chi connectivity index (χ3v) is 4.95. The van der Waals surface area contributed by atoms with E-state index in [9.17, 15) is 0 Å². The summed E-state index contributed by atoms with van der Waals surface area (Å²) in [7, 11) is 1.91. The van der Waals surface area contributed by atoms with Crippen molar-refractivity contribution >= 4 is 48.6 Å². The van der Waals surface area contributed by atoms with E-state index < -0.39 is 0 Å². The van der Waals surface area contributed by atoms with Gasteiger partial charge in [-0.25, -0.2) is 4.98 Å². The second-order valence-corrected chi connectivity index (χ2v) is 7.29. The van der Waals surface area contributed by atoms with Gasteiger partial charge in [0.25, 0.3) is 0 Å². The molecule has 0 saturated heterocycles. The molecule has 23 heavy (non-hydrogen) atoms. The van der Waals surface area contributed by atoms with Crippen molar-refractivity contribution in [3.8, 4) is 0 Å². The molecule has 6 nitrogen and oxygen atoms in total. The molecule has 3 aromatic rings. The third kappa shape index (κ3) is 3.01. The number of fused-ring (bicyclic) bond motifs is 1. The number of aromatic nitrogens is 5. The predicted molar refractivity (Wildman–Crippen MR) is 98.6 cm³/mol. The molecular weight excluding hydrogens is 424 g/mol. The van der Waals surface area contributed by atoms with E-state index in [1.54, 1.807) is 4.68 Å². The third-order valence-electron chi connectivity index (χ3n) is 3.60. The molecule has 0 bridgehead atoms. The Morgan fingerprint density at radius 1 is 1.26 bits per heavy atom. The fourth-order valence-electron chi connectivity index (χ4n) is 2.50. The van der Waals surface area contributed by atoms with Crippen LogP contribution in [0.5, 0.6) is 0 Å². The second kappa shape index (κ2) is 6.24. The van der Waals surface area contributed by atoms with Crippen molar-refractivity contribution in [3.05, 3.63) is 32.7 Å². The highest BCUT2D eigenvalue weighted by Crippen LogP contribution is 2.37. The summed E-state index contributed by atoms with van der Waals surface area (Å²) in [6, 6.07) is 2.25. The minimum absolute atomic E-state index is 0.258. The minimum Gasteiger partial charge on any atom is -0.376 e. The molecule has 1 N–H and O–H groups in total. The summed E-state index contributed by atoms with van der Waals surface area (Å²) in [5.41, 5.74) is 4.71. The van der Waals surface area contributed by atoms with Crippen molar-refractivity contribution in [1.82, 2.24) is 24.5 Å². The highest BCUT2D eigenvalue weighted by Gasteiger charge is 2.19. The predicted octanol–water partition coefficient (Wildman–Crippen LogP) is 4.19. The average molecular weight is 442 g/mol. The molecule has 0 radical (unpaired) electrons. The molecule has 0 unspecified atom stereocenters. The molecule has 0 aliphatic carbocycles. The van der Waals surface area contributed by atoms with Crippen LogP contribution in [0.3, 0.4) is 0 Å². The summed E-state index contributed by atoms with van der Waals surface area (Å²) < 4.78 is 5.51. The van der Waals surface area contributed by atoms with E-state index in [0.717, 1.165) is 37.2 Å². The number of nitrogens with zero attached hydrogens (tertiary/aromatic N) is 5. The maximum Gasteiger partial charge on any atom is 0.131 e. The Kier molecular flexibility index (Phi) is 4.46. The SMILES string of the molecule is Cc1nn(C(C)C)c2c(Br)c(NCc3ccn(C)n3)c(Br)nc12. The Bertz CT molecular complexity index is 865. The summed E-state index contributed by atoms with van der Waals surface area (Å²) in [6.07, 6.45) is 1.93. The Labute approximate surface area is 151 Å². The number of hydrogen-bond donors (Lipinski definition) is 1. The van der Waals surface area contributed by atoms with Crippen molar-refractivity contribution in [2.45, 2.75) is 33.4 Å². The van der Waals surface area contributed by atoms with Gasteiger partial charge < -0.3 is 5.32 Å². The summed E-state index contributed by atoms with van der Waals surface area (Å²) in [5, 5.41) is 12.4. The minimum atomic E-state index is 0.258. The average Bonchev–Trinajstić information content (AvgIpc) is 3.03. The summed E-state index contributed by atoms with van der Waals surface area (Å²) in [6.45, 7) is 6.83. The molecule has 0 fully saturated rings. The summed E-state index contributed by atoms with van der Waals surface area (Å²) in [4.78, 5) is 4.67. The first-order chi connectivity index (χ1) is 10.9. The van der Waals surface area contributed by atoms with Crippen LogP contribution >= 0.6 is 31.9 Å². The van der Waals surface area contributed by atoms with Crippen LogP contribution in [-0.2, 0) is 13.6 Å². The van der Waals surface area contributed by atoms with Gasteiger partial charge in [0.05, 0.1) is 28.1 Å². The maximum atomic E-state index is 4.67. The van der Waals surface area contributed by atoms with Crippen LogP contribution < -0.4 is 5.32 Å². The van der Waals surface area contributed by atoms with Gasteiger partial charge >= 0.3 is 0 Å². The van der Waals surface area contributed by atoms with E-state index in [2.05, 4.69) is 66.2 Å². The first kappa shape index (κ1) is 16.4. The van der Waals surface area contributed by atoms with Crippen LogP contribution in [0.15, 0.2) is 21.3 Å². The molecule has 3 heterocycles. The first-order valence-corrected chi connectivity index (χ1v) is 8.93. The van der Waals surface area contributed by atoms with Crippen molar-refractivity contribution in [1.29, 1.82) is 0 Å². The van der Waals surface area contributed by atoms with Gasteiger partial charge in [-0.3, -0.25) is 9.36 Å². The normalized spacial score (nSPS) is 11.6. The molecule has 0 spiro atoms. The fraction of sp³-hybridized carbons (Fsp3) is 0.400. The van der Waals surface area contributed by atoms with E-state index in [1.807, 2.05) is 30.9 Å². The van der Waals surface area contributed by atoms with Gasteiger partial charge in [-0.1, -0.05) is 0 Å². The smallest absolute Gasteiger partial charge is 0.131 e. The quantitative estimate of drug-likeness (QED) is 0.616. The van der Waals surface area contributed by atoms with Crippen LogP contribution in [0.2, 0.25) is 0 Å². The Morgan fingerprint density at radius 2 is 2.00 bits per heavy atom. The van der Waals surface area contributed by atoms with Gasteiger partial charge in [0.15, 0.2) is 0 Å².